The molecule has 0 radical (unpaired) electrons. The van der Waals surface area contributed by atoms with Gasteiger partial charge in [0.1, 0.15) is 17.3 Å². The molecule has 1 aliphatic rings. The number of fused-ring (bicyclic) bond motifs is 1. The van der Waals surface area contributed by atoms with E-state index in [2.05, 4.69) is 26.7 Å². The van der Waals surface area contributed by atoms with Crippen LogP contribution in [0.4, 0.5) is 10.2 Å². The fourth-order valence-corrected chi connectivity index (χ4v) is 4.38. The second-order valence-electron chi connectivity index (χ2n) is 7.88. The van der Waals surface area contributed by atoms with Crippen molar-refractivity contribution >= 4 is 28.5 Å². The summed E-state index contributed by atoms with van der Waals surface area (Å²) in [6.45, 7) is 2.54. The van der Waals surface area contributed by atoms with Crippen LogP contribution in [0.5, 0.6) is 0 Å². The fraction of sp³-hybridized carbons (Fsp3) is 0.250. The van der Waals surface area contributed by atoms with Crippen LogP contribution in [0.25, 0.3) is 22.3 Å². The van der Waals surface area contributed by atoms with Gasteiger partial charge in [0.2, 0.25) is 0 Å². The van der Waals surface area contributed by atoms with E-state index in [1.54, 1.807) is 12.3 Å². The van der Waals surface area contributed by atoms with E-state index >= 15 is 0 Å². The molecule has 1 fully saturated rings. The van der Waals surface area contributed by atoms with Crippen LogP contribution in [0.15, 0.2) is 54.7 Å². The number of pyridine rings is 2. The van der Waals surface area contributed by atoms with E-state index in [1.165, 1.54) is 17.8 Å². The monoisotopic (exact) mass is 435 g/mol. The summed E-state index contributed by atoms with van der Waals surface area (Å²) in [4.78, 5) is 12.8. The van der Waals surface area contributed by atoms with E-state index in [0.717, 1.165) is 48.1 Å². The summed E-state index contributed by atoms with van der Waals surface area (Å²) in [5, 5.41) is 8.27. The lowest BCUT2D eigenvalue weighted by Gasteiger charge is -2.21. The van der Waals surface area contributed by atoms with Gasteiger partial charge >= 0.3 is 0 Å². The van der Waals surface area contributed by atoms with E-state index in [1.807, 2.05) is 24.3 Å². The van der Waals surface area contributed by atoms with Crippen molar-refractivity contribution in [2.45, 2.75) is 25.3 Å². The number of anilines is 1. The minimum Gasteiger partial charge on any atom is -0.366 e. The minimum atomic E-state index is -0.250. The normalized spacial score (nSPS) is 14.8. The smallest absolute Gasteiger partial charge is 0.138 e. The number of H-pyrrole nitrogens is 1. The van der Waals surface area contributed by atoms with Crippen molar-refractivity contribution < 1.29 is 4.39 Å². The second-order valence-corrected chi connectivity index (χ2v) is 8.29. The Morgan fingerprint density at radius 2 is 1.97 bits per heavy atom. The van der Waals surface area contributed by atoms with Gasteiger partial charge in [0.25, 0.3) is 0 Å². The Bertz CT molecular complexity index is 1220. The molecular formula is C24H23ClFN5. The van der Waals surface area contributed by atoms with Crippen LogP contribution in [-0.2, 0) is 6.54 Å². The maximum atomic E-state index is 13.4. The van der Waals surface area contributed by atoms with Gasteiger partial charge in [0.05, 0.1) is 10.7 Å². The Kier molecular flexibility index (Phi) is 5.57. The first kappa shape index (κ1) is 20.0. The van der Waals surface area contributed by atoms with Crippen LogP contribution in [0.2, 0.25) is 5.02 Å². The third-order valence-corrected chi connectivity index (χ3v) is 6.10. The van der Waals surface area contributed by atoms with Crippen molar-refractivity contribution in [3.05, 3.63) is 76.8 Å². The molecule has 0 amide bonds. The molecule has 0 spiro atoms. The summed E-state index contributed by atoms with van der Waals surface area (Å²) >= 11 is 6.55. The average Bonchev–Trinajstić information content (AvgIpc) is 3.24. The molecule has 158 valence electrons. The predicted octanol–water partition coefficient (Wildman–Crippen LogP) is 5.50. The highest BCUT2D eigenvalue weighted by Gasteiger charge is 2.19. The highest BCUT2D eigenvalue weighted by molar-refractivity contribution is 6.33. The van der Waals surface area contributed by atoms with Crippen molar-refractivity contribution in [2.24, 2.45) is 0 Å². The Hall–Kier alpha value is -2.96. The predicted molar refractivity (Wildman–Crippen MR) is 123 cm³/mol. The van der Waals surface area contributed by atoms with Gasteiger partial charge in [0.15, 0.2) is 0 Å². The minimum absolute atomic E-state index is 0.250. The maximum absolute atomic E-state index is 13.4. The number of rotatable bonds is 5. The molecule has 0 saturated carbocycles. The van der Waals surface area contributed by atoms with Gasteiger partial charge in [0, 0.05) is 35.3 Å². The average molecular weight is 436 g/mol. The van der Waals surface area contributed by atoms with Crippen molar-refractivity contribution in [3.63, 3.8) is 0 Å². The zero-order valence-electron chi connectivity index (χ0n) is 17.0. The summed E-state index contributed by atoms with van der Waals surface area (Å²) in [7, 11) is 0. The molecule has 0 atom stereocenters. The van der Waals surface area contributed by atoms with E-state index in [9.17, 15) is 4.39 Å². The SMILES string of the molecule is Fc1cccc(CNc2ccc(Cl)c(-c3ccnc4[nH]c(C5CCNCC5)cc34)n2)c1. The number of nitrogens with one attached hydrogen (secondary N) is 3. The molecule has 1 aromatic carbocycles. The van der Waals surface area contributed by atoms with Crippen LogP contribution in [0.3, 0.4) is 0 Å². The Morgan fingerprint density at radius 3 is 2.81 bits per heavy atom. The van der Waals surface area contributed by atoms with Crippen LogP contribution in [-0.4, -0.2) is 28.0 Å². The Balaban J connectivity index is 1.46. The summed E-state index contributed by atoms with van der Waals surface area (Å²) in [6, 6.07) is 14.3. The topological polar surface area (TPSA) is 65.6 Å². The molecule has 4 heterocycles. The lowest BCUT2D eigenvalue weighted by atomic mass is 9.94. The molecule has 5 rings (SSSR count). The van der Waals surface area contributed by atoms with Crippen molar-refractivity contribution in [2.75, 3.05) is 18.4 Å². The number of hydrogen-bond donors (Lipinski definition) is 3. The molecule has 1 saturated heterocycles. The van der Waals surface area contributed by atoms with Gasteiger partial charge in [-0.15, -0.1) is 0 Å². The molecule has 1 aliphatic heterocycles. The molecule has 31 heavy (non-hydrogen) atoms. The van der Waals surface area contributed by atoms with Gasteiger partial charge in [-0.2, -0.15) is 0 Å². The first-order valence-electron chi connectivity index (χ1n) is 10.5. The summed E-state index contributed by atoms with van der Waals surface area (Å²) in [5.41, 5.74) is 4.56. The van der Waals surface area contributed by atoms with Gasteiger partial charge in [-0.3, -0.25) is 0 Å². The number of aromatic amines is 1. The van der Waals surface area contributed by atoms with Gasteiger partial charge in [-0.1, -0.05) is 23.7 Å². The summed E-state index contributed by atoms with van der Waals surface area (Å²) in [6.07, 6.45) is 4.01. The number of halogens is 2. The zero-order chi connectivity index (χ0) is 21.2. The van der Waals surface area contributed by atoms with Crippen LogP contribution >= 0.6 is 11.6 Å². The van der Waals surface area contributed by atoms with E-state index in [0.29, 0.717) is 29.0 Å². The Labute approximate surface area is 185 Å². The quantitative estimate of drug-likeness (QED) is 0.387. The molecular weight excluding hydrogens is 413 g/mol. The van der Waals surface area contributed by atoms with E-state index in [-0.39, 0.29) is 5.82 Å². The molecule has 7 heteroatoms. The van der Waals surface area contributed by atoms with Crippen LogP contribution in [0.1, 0.15) is 30.0 Å². The van der Waals surface area contributed by atoms with Crippen molar-refractivity contribution in [1.29, 1.82) is 0 Å². The van der Waals surface area contributed by atoms with Crippen molar-refractivity contribution in [3.8, 4) is 11.3 Å². The summed E-state index contributed by atoms with van der Waals surface area (Å²) < 4.78 is 13.4. The largest absolute Gasteiger partial charge is 0.366 e. The molecule has 3 aromatic heterocycles. The fourth-order valence-electron chi connectivity index (χ4n) is 4.18. The lowest BCUT2D eigenvalue weighted by molar-refractivity contribution is 0.455. The van der Waals surface area contributed by atoms with Gasteiger partial charge in [-0.05, 0) is 67.9 Å². The van der Waals surface area contributed by atoms with Gasteiger partial charge < -0.3 is 15.6 Å². The third kappa shape index (κ3) is 4.27. The molecule has 0 aliphatic carbocycles. The second kappa shape index (κ2) is 8.65. The molecule has 0 unspecified atom stereocenters. The highest BCUT2D eigenvalue weighted by Crippen LogP contribution is 2.35. The van der Waals surface area contributed by atoms with Crippen LogP contribution in [0, 0.1) is 5.82 Å². The van der Waals surface area contributed by atoms with Crippen LogP contribution < -0.4 is 10.6 Å². The van der Waals surface area contributed by atoms with Gasteiger partial charge in [-0.25, -0.2) is 14.4 Å². The Morgan fingerprint density at radius 1 is 1.10 bits per heavy atom. The highest BCUT2D eigenvalue weighted by atomic mass is 35.5. The molecule has 3 N–H and O–H groups in total. The number of aromatic nitrogens is 3. The standard InChI is InChI=1S/C24H23ClFN5/c25-20-4-5-22(29-14-15-2-1-3-17(26)12-15)31-23(20)18-8-11-28-24-19(18)13-21(30-24)16-6-9-27-10-7-16/h1-5,8,11-13,16,27H,6-7,9-10,14H2,(H,28,30)(H,29,31). The zero-order valence-corrected chi connectivity index (χ0v) is 17.7. The molecule has 4 aromatic rings. The number of hydrogen-bond acceptors (Lipinski definition) is 4. The molecule has 0 bridgehead atoms. The number of nitrogens with zero attached hydrogens (tertiary/aromatic N) is 2. The lowest BCUT2D eigenvalue weighted by Crippen LogP contribution is -2.26. The van der Waals surface area contributed by atoms with Crippen molar-refractivity contribution in [1.82, 2.24) is 20.3 Å². The number of piperidine rings is 1. The van der Waals surface area contributed by atoms with E-state index in [4.69, 9.17) is 16.6 Å². The maximum Gasteiger partial charge on any atom is 0.138 e. The summed E-state index contributed by atoms with van der Waals surface area (Å²) in [5.74, 6) is 0.939. The first-order chi connectivity index (χ1) is 15.2. The molecule has 5 nitrogen and oxygen atoms in total. The number of benzene rings is 1. The van der Waals surface area contributed by atoms with E-state index < -0.39 is 0 Å². The first-order valence-corrected chi connectivity index (χ1v) is 10.9. The third-order valence-electron chi connectivity index (χ3n) is 5.80.